The number of rotatable bonds is 4. The van der Waals surface area contributed by atoms with Crippen molar-refractivity contribution in [3.8, 4) is 0 Å². The van der Waals surface area contributed by atoms with Gasteiger partial charge in [-0.15, -0.1) is 0 Å². The molecule has 3 aromatic rings. The summed E-state index contributed by atoms with van der Waals surface area (Å²) in [6, 6.07) is 1.90. The van der Waals surface area contributed by atoms with Gasteiger partial charge in [0.05, 0.1) is 12.2 Å². The summed E-state index contributed by atoms with van der Waals surface area (Å²) in [5, 5.41) is 3.21. The Labute approximate surface area is 139 Å². The highest BCUT2D eigenvalue weighted by Crippen LogP contribution is 2.36. The zero-order valence-electron chi connectivity index (χ0n) is 12.9. The largest absolute Gasteiger partial charge is 0.332 e. The summed E-state index contributed by atoms with van der Waals surface area (Å²) in [7, 11) is 0. The Morgan fingerprint density at radius 3 is 2.58 bits per heavy atom. The minimum absolute atomic E-state index is 0.0836. The van der Waals surface area contributed by atoms with Crippen LogP contribution in [0.2, 0.25) is 0 Å². The normalized spacial score (nSPS) is 17.0. The van der Waals surface area contributed by atoms with Crippen LogP contribution in [0.5, 0.6) is 0 Å². The fourth-order valence-corrected chi connectivity index (χ4v) is 2.90. The maximum atomic E-state index is 4.56. The standard InChI is InChI=1S/C16H16N8/c1-3-12(24(10-1)16-21-4-2-5-22-16)14-15(20-9-8-19-14)23-13-11-17-6-7-18-13/h2,4-9,11-12H,1,3,10H2,(H,18,20,23)/t12-/m1/s1. The van der Waals surface area contributed by atoms with Crippen LogP contribution in [0, 0.1) is 0 Å². The highest BCUT2D eigenvalue weighted by Gasteiger charge is 2.31. The number of anilines is 3. The van der Waals surface area contributed by atoms with E-state index in [0.29, 0.717) is 11.6 Å². The highest BCUT2D eigenvalue weighted by molar-refractivity contribution is 5.55. The van der Waals surface area contributed by atoms with Gasteiger partial charge in [-0.05, 0) is 18.9 Å². The first-order chi connectivity index (χ1) is 11.9. The zero-order valence-corrected chi connectivity index (χ0v) is 12.9. The maximum Gasteiger partial charge on any atom is 0.225 e. The molecule has 1 N–H and O–H groups in total. The second-order valence-electron chi connectivity index (χ2n) is 5.41. The molecule has 1 saturated heterocycles. The van der Waals surface area contributed by atoms with E-state index in [4.69, 9.17) is 0 Å². The average molecular weight is 320 g/mol. The molecule has 0 spiro atoms. The molecule has 0 bridgehead atoms. The van der Waals surface area contributed by atoms with Crippen LogP contribution in [0.3, 0.4) is 0 Å². The van der Waals surface area contributed by atoms with Crippen LogP contribution >= 0.6 is 0 Å². The van der Waals surface area contributed by atoms with Gasteiger partial charge < -0.3 is 10.2 Å². The van der Waals surface area contributed by atoms with E-state index in [1.807, 2.05) is 6.07 Å². The van der Waals surface area contributed by atoms with Crippen molar-refractivity contribution >= 4 is 17.6 Å². The quantitative estimate of drug-likeness (QED) is 0.781. The van der Waals surface area contributed by atoms with Crippen molar-refractivity contribution < 1.29 is 0 Å². The van der Waals surface area contributed by atoms with Crippen molar-refractivity contribution in [1.29, 1.82) is 0 Å². The molecule has 0 radical (unpaired) electrons. The Balaban J connectivity index is 1.66. The molecule has 0 saturated carbocycles. The summed E-state index contributed by atoms with van der Waals surface area (Å²) in [6.07, 6.45) is 13.9. The molecule has 1 fully saturated rings. The van der Waals surface area contributed by atoms with Crippen molar-refractivity contribution in [2.24, 2.45) is 0 Å². The van der Waals surface area contributed by atoms with Crippen LogP contribution in [0.25, 0.3) is 0 Å². The molecule has 1 atom stereocenters. The summed E-state index contributed by atoms with van der Waals surface area (Å²) in [5.41, 5.74) is 0.869. The van der Waals surface area contributed by atoms with Crippen LogP contribution in [-0.2, 0) is 0 Å². The van der Waals surface area contributed by atoms with Crippen LogP contribution < -0.4 is 10.2 Å². The predicted octanol–water partition coefficient (Wildman–Crippen LogP) is 2.14. The van der Waals surface area contributed by atoms with E-state index in [1.165, 1.54) is 0 Å². The first-order valence-corrected chi connectivity index (χ1v) is 7.79. The van der Waals surface area contributed by atoms with E-state index in [0.717, 1.165) is 31.0 Å². The van der Waals surface area contributed by atoms with Crippen molar-refractivity contribution in [2.75, 3.05) is 16.8 Å². The van der Waals surface area contributed by atoms with Gasteiger partial charge in [0.2, 0.25) is 5.95 Å². The molecule has 0 aliphatic carbocycles. The van der Waals surface area contributed by atoms with Gasteiger partial charge in [0.15, 0.2) is 5.82 Å². The lowest BCUT2D eigenvalue weighted by Gasteiger charge is -2.25. The molecular weight excluding hydrogens is 304 g/mol. The Kier molecular flexibility index (Phi) is 3.93. The topological polar surface area (TPSA) is 92.6 Å². The lowest BCUT2D eigenvalue weighted by Crippen LogP contribution is -2.26. The van der Waals surface area contributed by atoms with Crippen LogP contribution in [0.4, 0.5) is 17.6 Å². The maximum absolute atomic E-state index is 4.56. The summed E-state index contributed by atoms with van der Waals surface area (Å²) < 4.78 is 0. The second kappa shape index (κ2) is 6.53. The van der Waals surface area contributed by atoms with Gasteiger partial charge in [0, 0.05) is 43.7 Å². The molecule has 24 heavy (non-hydrogen) atoms. The third kappa shape index (κ3) is 2.85. The van der Waals surface area contributed by atoms with Gasteiger partial charge >= 0.3 is 0 Å². The lowest BCUT2D eigenvalue weighted by molar-refractivity contribution is 0.677. The molecule has 4 heterocycles. The molecule has 120 valence electrons. The van der Waals surface area contributed by atoms with E-state index < -0.39 is 0 Å². The molecule has 3 aromatic heterocycles. The van der Waals surface area contributed by atoms with E-state index in [9.17, 15) is 0 Å². The monoisotopic (exact) mass is 320 g/mol. The molecule has 8 nitrogen and oxygen atoms in total. The van der Waals surface area contributed by atoms with Crippen LogP contribution in [-0.4, -0.2) is 36.4 Å². The number of aromatic nitrogens is 6. The SMILES string of the molecule is c1cnc(N2CCC[C@@H]2c2nccnc2Nc2cnccn2)nc1. The average Bonchev–Trinajstić information content (AvgIpc) is 3.13. The van der Waals surface area contributed by atoms with Gasteiger partial charge in [-0.2, -0.15) is 0 Å². The Bertz CT molecular complexity index is 795. The van der Waals surface area contributed by atoms with Gasteiger partial charge in [0.1, 0.15) is 11.5 Å². The van der Waals surface area contributed by atoms with Crippen molar-refractivity contribution in [3.05, 3.63) is 55.1 Å². The van der Waals surface area contributed by atoms with E-state index in [-0.39, 0.29) is 6.04 Å². The molecule has 1 aliphatic rings. The third-order valence-electron chi connectivity index (χ3n) is 3.91. The summed E-state index contributed by atoms with van der Waals surface area (Å²) in [5.74, 6) is 2.04. The molecule has 4 rings (SSSR count). The summed E-state index contributed by atoms with van der Waals surface area (Å²) >= 11 is 0. The first-order valence-electron chi connectivity index (χ1n) is 7.79. The van der Waals surface area contributed by atoms with Crippen molar-refractivity contribution in [2.45, 2.75) is 18.9 Å². The fourth-order valence-electron chi connectivity index (χ4n) is 2.90. The molecule has 8 heteroatoms. The Morgan fingerprint density at radius 2 is 1.75 bits per heavy atom. The smallest absolute Gasteiger partial charge is 0.225 e. The van der Waals surface area contributed by atoms with Gasteiger partial charge in [-0.3, -0.25) is 9.97 Å². The first kappa shape index (κ1) is 14.4. The number of hydrogen-bond acceptors (Lipinski definition) is 8. The Morgan fingerprint density at radius 1 is 0.917 bits per heavy atom. The fraction of sp³-hybridized carbons (Fsp3) is 0.250. The number of hydrogen-bond donors (Lipinski definition) is 1. The Hall–Kier alpha value is -3.16. The lowest BCUT2D eigenvalue weighted by atomic mass is 10.1. The minimum atomic E-state index is 0.0836. The summed E-state index contributed by atoms with van der Waals surface area (Å²) in [4.78, 5) is 28.2. The van der Waals surface area contributed by atoms with Gasteiger partial charge in [-0.25, -0.2) is 19.9 Å². The molecule has 0 aromatic carbocycles. The van der Waals surface area contributed by atoms with Gasteiger partial charge in [0.25, 0.3) is 0 Å². The van der Waals surface area contributed by atoms with Gasteiger partial charge in [-0.1, -0.05) is 0 Å². The minimum Gasteiger partial charge on any atom is -0.332 e. The van der Waals surface area contributed by atoms with E-state index in [2.05, 4.69) is 40.1 Å². The van der Waals surface area contributed by atoms with E-state index in [1.54, 1.807) is 43.4 Å². The molecule has 1 aliphatic heterocycles. The van der Waals surface area contributed by atoms with Crippen molar-refractivity contribution in [3.63, 3.8) is 0 Å². The second-order valence-corrected chi connectivity index (χ2v) is 5.41. The van der Waals surface area contributed by atoms with Crippen LogP contribution in [0.1, 0.15) is 24.6 Å². The van der Waals surface area contributed by atoms with Crippen molar-refractivity contribution in [1.82, 2.24) is 29.9 Å². The van der Waals surface area contributed by atoms with E-state index >= 15 is 0 Å². The third-order valence-corrected chi connectivity index (χ3v) is 3.91. The molecule has 0 unspecified atom stereocenters. The summed E-state index contributed by atoms with van der Waals surface area (Å²) in [6.45, 7) is 0.899. The number of nitrogens with one attached hydrogen (secondary N) is 1. The molecular formula is C16H16N8. The predicted molar refractivity (Wildman–Crippen MR) is 88.7 cm³/mol. The molecule has 0 amide bonds. The van der Waals surface area contributed by atoms with Crippen LogP contribution in [0.15, 0.2) is 49.4 Å². The highest BCUT2D eigenvalue weighted by atomic mass is 15.3. The number of nitrogens with zero attached hydrogens (tertiary/aromatic N) is 7. The zero-order chi connectivity index (χ0) is 16.2.